The van der Waals surface area contributed by atoms with Crippen LogP contribution in [0.25, 0.3) is 11.3 Å². The number of hydrogen-bond donors (Lipinski definition) is 1. The van der Waals surface area contributed by atoms with E-state index in [4.69, 9.17) is 14.7 Å². The fourth-order valence-electron chi connectivity index (χ4n) is 1.79. The van der Waals surface area contributed by atoms with E-state index in [0.29, 0.717) is 17.2 Å². The highest BCUT2D eigenvalue weighted by atomic mass is 16.5. The number of methoxy groups -OCH3 is 2. The lowest BCUT2D eigenvalue weighted by Crippen LogP contribution is -1.93. The van der Waals surface area contributed by atoms with Crippen molar-refractivity contribution in [2.75, 3.05) is 14.2 Å². The third kappa shape index (κ3) is 2.00. The molecular weight excluding hydrogens is 230 g/mol. The Morgan fingerprint density at radius 3 is 2.39 bits per heavy atom. The summed E-state index contributed by atoms with van der Waals surface area (Å²) in [6.07, 6.45) is 0. The van der Waals surface area contributed by atoms with Crippen LogP contribution in [-0.2, 0) is 0 Å². The van der Waals surface area contributed by atoms with E-state index in [1.165, 1.54) is 0 Å². The molecule has 1 heterocycles. The molecule has 0 spiro atoms. The fraction of sp³-hybridized carbons (Fsp3) is 0.231. The van der Waals surface area contributed by atoms with Crippen molar-refractivity contribution < 1.29 is 9.47 Å². The lowest BCUT2D eigenvalue weighted by molar-refractivity contribution is 0.355. The molecule has 0 aliphatic carbocycles. The largest absolute Gasteiger partial charge is 0.493 e. The second-order valence-corrected chi connectivity index (χ2v) is 3.80. The van der Waals surface area contributed by atoms with Crippen LogP contribution in [0.1, 0.15) is 11.3 Å². The molecule has 0 amide bonds. The first kappa shape index (κ1) is 12.0. The van der Waals surface area contributed by atoms with Gasteiger partial charge in [0, 0.05) is 11.6 Å². The average molecular weight is 243 g/mol. The van der Waals surface area contributed by atoms with Gasteiger partial charge in [0.15, 0.2) is 17.2 Å². The first-order chi connectivity index (χ1) is 8.69. The molecule has 5 heteroatoms. The zero-order chi connectivity index (χ0) is 13.1. The third-order valence-corrected chi connectivity index (χ3v) is 2.71. The first-order valence-corrected chi connectivity index (χ1v) is 5.38. The topological polar surface area (TPSA) is 70.9 Å². The van der Waals surface area contributed by atoms with Crippen LogP contribution in [0.4, 0.5) is 0 Å². The Morgan fingerprint density at radius 2 is 1.83 bits per heavy atom. The smallest absolute Gasteiger partial charge is 0.162 e. The van der Waals surface area contributed by atoms with Gasteiger partial charge in [0.05, 0.1) is 19.9 Å². The molecule has 0 bridgehead atoms. The van der Waals surface area contributed by atoms with Gasteiger partial charge in [0.1, 0.15) is 6.07 Å². The molecule has 0 radical (unpaired) electrons. The van der Waals surface area contributed by atoms with Gasteiger partial charge >= 0.3 is 0 Å². The molecule has 0 aliphatic heterocycles. The van der Waals surface area contributed by atoms with E-state index in [-0.39, 0.29) is 0 Å². The number of aryl methyl sites for hydroxylation is 1. The number of hydrogen-bond acceptors (Lipinski definition) is 4. The predicted molar refractivity (Wildman–Crippen MR) is 66.6 cm³/mol. The van der Waals surface area contributed by atoms with Crippen molar-refractivity contribution in [1.29, 1.82) is 5.26 Å². The van der Waals surface area contributed by atoms with Crippen molar-refractivity contribution in [2.45, 2.75) is 6.92 Å². The second-order valence-electron chi connectivity index (χ2n) is 3.80. The van der Waals surface area contributed by atoms with Crippen molar-refractivity contribution >= 4 is 0 Å². The Hall–Kier alpha value is -2.48. The highest BCUT2D eigenvalue weighted by Gasteiger charge is 2.12. The molecule has 92 valence electrons. The van der Waals surface area contributed by atoms with Gasteiger partial charge in [0.2, 0.25) is 0 Å². The molecule has 5 nitrogen and oxygen atoms in total. The van der Waals surface area contributed by atoms with Crippen LogP contribution in [0.5, 0.6) is 11.5 Å². The van der Waals surface area contributed by atoms with E-state index in [1.54, 1.807) is 20.3 Å². The van der Waals surface area contributed by atoms with Gasteiger partial charge in [-0.05, 0) is 24.6 Å². The predicted octanol–water partition coefficient (Wildman–Crippen LogP) is 2.27. The van der Waals surface area contributed by atoms with Gasteiger partial charge in [-0.15, -0.1) is 0 Å². The number of nitrogens with zero attached hydrogens (tertiary/aromatic N) is 2. The molecule has 2 aromatic rings. The van der Waals surface area contributed by atoms with Crippen molar-refractivity contribution in [1.82, 2.24) is 10.2 Å². The molecule has 18 heavy (non-hydrogen) atoms. The summed E-state index contributed by atoms with van der Waals surface area (Å²) in [6, 6.07) is 7.45. The Balaban J connectivity index is 2.54. The summed E-state index contributed by atoms with van der Waals surface area (Å²) in [5, 5.41) is 15.5. The number of aromatic nitrogens is 2. The van der Waals surface area contributed by atoms with Gasteiger partial charge in [-0.3, -0.25) is 5.10 Å². The summed E-state index contributed by atoms with van der Waals surface area (Å²) in [5.41, 5.74) is 3.09. The van der Waals surface area contributed by atoms with E-state index in [9.17, 15) is 0 Å². The molecule has 2 rings (SSSR count). The van der Waals surface area contributed by atoms with Crippen molar-refractivity contribution in [3.05, 3.63) is 29.5 Å². The number of nitriles is 1. The highest BCUT2D eigenvalue weighted by molar-refractivity contribution is 5.68. The normalized spacial score (nSPS) is 9.89. The molecular formula is C13H13N3O2. The lowest BCUT2D eigenvalue weighted by atomic mass is 10.0. The maximum absolute atomic E-state index is 8.77. The molecule has 0 atom stereocenters. The minimum absolute atomic E-state index is 0.360. The van der Waals surface area contributed by atoms with E-state index in [0.717, 1.165) is 16.8 Å². The Labute approximate surface area is 105 Å². The van der Waals surface area contributed by atoms with Crippen LogP contribution < -0.4 is 9.47 Å². The zero-order valence-corrected chi connectivity index (χ0v) is 10.4. The van der Waals surface area contributed by atoms with Gasteiger partial charge in [-0.1, -0.05) is 0 Å². The summed E-state index contributed by atoms with van der Waals surface area (Å²) in [4.78, 5) is 0. The summed E-state index contributed by atoms with van der Waals surface area (Å²) in [6.45, 7) is 1.96. The SMILES string of the molecule is COc1cc(C)c(-c2cc(C#N)n[nH]2)cc1OC. The maximum atomic E-state index is 8.77. The molecule has 1 N–H and O–H groups in total. The Kier molecular flexibility index (Phi) is 3.20. The minimum atomic E-state index is 0.360. The monoisotopic (exact) mass is 243 g/mol. The second kappa shape index (κ2) is 4.80. The molecule has 0 saturated heterocycles. The summed E-state index contributed by atoms with van der Waals surface area (Å²) in [7, 11) is 3.19. The first-order valence-electron chi connectivity index (χ1n) is 5.38. The average Bonchev–Trinajstić information content (AvgIpc) is 2.86. The number of H-pyrrole nitrogens is 1. The van der Waals surface area contributed by atoms with Gasteiger partial charge in [-0.2, -0.15) is 10.4 Å². The number of ether oxygens (including phenoxy) is 2. The van der Waals surface area contributed by atoms with Crippen LogP contribution in [0.3, 0.4) is 0 Å². The third-order valence-electron chi connectivity index (χ3n) is 2.71. The molecule has 1 aromatic heterocycles. The molecule has 1 aromatic carbocycles. The fourth-order valence-corrected chi connectivity index (χ4v) is 1.79. The minimum Gasteiger partial charge on any atom is -0.493 e. The quantitative estimate of drug-likeness (QED) is 0.897. The van der Waals surface area contributed by atoms with Gasteiger partial charge in [0.25, 0.3) is 0 Å². The molecule has 0 saturated carbocycles. The van der Waals surface area contributed by atoms with Crippen molar-refractivity contribution in [2.24, 2.45) is 0 Å². The van der Waals surface area contributed by atoms with Crippen LogP contribution in [0.15, 0.2) is 18.2 Å². The standard InChI is InChI=1S/C13H13N3O2/c1-8-4-12(17-2)13(18-3)6-10(8)11-5-9(7-14)15-16-11/h4-6H,1-3H3,(H,15,16). The van der Waals surface area contributed by atoms with Crippen LogP contribution in [-0.4, -0.2) is 24.4 Å². The highest BCUT2D eigenvalue weighted by Crippen LogP contribution is 2.34. The molecule has 0 unspecified atom stereocenters. The van der Waals surface area contributed by atoms with E-state index < -0.39 is 0 Å². The lowest BCUT2D eigenvalue weighted by Gasteiger charge is -2.11. The van der Waals surface area contributed by atoms with Gasteiger partial charge in [-0.25, -0.2) is 0 Å². The van der Waals surface area contributed by atoms with Gasteiger partial charge < -0.3 is 9.47 Å². The maximum Gasteiger partial charge on any atom is 0.162 e. The van der Waals surface area contributed by atoms with E-state index in [2.05, 4.69) is 10.2 Å². The Bertz CT molecular complexity index is 611. The molecule has 0 fully saturated rings. The van der Waals surface area contributed by atoms with E-state index in [1.807, 2.05) is 25.1 Å². The summed E-state index contributed by atoms with van der Waals surface area (Å²) < 4.78 is 10.5. The van der Waals surface area contributed by atoms with Crippen LogP contribution in [0.2, 0.25) is 0 Å². The number of rotatable bonds is 3. The summed E-state index contributed by atoms with van der Waals surface area (Å²) in [5.74, 6) is 1.32. The van der Waals surface area contributed by atoms with Crippen LogP contribution in [0, 0.1) is 18.3 Å². The Morgan fingerprint density at radius 1 is 1.17 bits per heavy atom. The zero-order valence-electron chi connectivity index (χ0n) is 10.4. The van der Waals surface area contributed by atoms with Crippen molar-refractivity contribution in [3.63, 3.8) is 0 Å². The van der Waals surface area contributed by atoms with E-state index >= 15 is 0 Å². The number of aromatic amines is 1. The number of benzene rings is 1. The molecule has 0 aliphatic rings. The van der Waals surface area contributed by atoms with Crippen molar-refractivity contribution in [3.8, 4) is 28.8 Å². The number of nitrogens with one attached hydrogen (secondary N) is 1. The van der Waals surface area contributed by atoms with Crippen LogP contribution >= 0.6 is 0 Å². The summed E-state index contributed by atoms with van der Waals surface area (Å²) >= 11 is 0.